The Hall–Kier alpha value is -3.89. The van der Waals surface area contributed by atoms with Crippen LogP contribution >= 0.6 is 0 Å². The van der Waals surface area contributed by atoms with Crippen LogP contribution in [0.3, 0.4) is 0 Å². The first-order chi connectivity index (χ1) is 15.2. The molecule has 10 heteroatoms. The molecule has 0 radical (unpaired) electrons. The summed E-state index contributed by atoms with van der Waals surface area (Å²) in [6.45, 7) is 0. The summed E-state index contributed by atoms with van der Waals surface area (Å²) >= 11 is 0. The fourth-order valence-electron chi connectivity index (χ4n) is 2.95. The SMILES string of the molecule is NS(=O)(=O)c1ccc(-c2cnn(-c3ccc(F)cc3)c(=O)c2Oc2ccc(F)cc2)cc1. The molecule has 0 saturated heterocycles. The molecule has 162 valence electrons. The molecule has 0 spiro atoms. The minimum Gasteiger partial charge on any atom is -0.451 e. The third-order valence-corrected chi connectivity index (χ3v) is 5.46. The maximum atomic E-state index is 13.3. The molecule has 7 nitrogen and oxygen atoms in total. The van der Waals surface area contributed by atoms with Gasteiger partial charge in [0.2, 0.25) is 15.8 Å². The normalized spacial score (nSPS) is 11.3. The first kappa shape index (κ1) is 21.3. The summed E-state index contributed by atoms with van der Waals surface area (Å²) in [7, 11) is -3.90. The molecule has 1 heterocycles. The van der Waals surface area contributed by atoms with Gasteiger partial charge in [0.05, 0.1) is 22.3 Å². The van der Waals surface area contributed by atoms with Crippen LogP contribution in [-0.2, 0) is 10.0 Å². The zero-order valence-electron chi connectivity index (χ0n) is 16.3. The van der Waals surface area contributed by atoms with Gasteiger partial charge in [-0.3, -0.25) is 4.79 Å². The van der Waals surface area contributed by atoms with Gasteiger partial charge in [0, 0.05) is 0 Å². The Morgan fingerprint density at radius 2 is 1.41 bits per heavy atom. The van der Waals surface area contributed by atoms with E-state index in [4.69, 9.17) is 9.88 Å². The van der Waals surface area contributed by atoms with Crippen LogP contribution in [0.15, 0.2) is 88.7 Å². The molecule has 0 amide bonds. The second-order valence-electron chi connectivity index (χ2n) is 6.71. The summed E-state index contributed by atoms with van der Waals surface area (Å²) in [5.74, 6) is -0.896. The Balaban J connectivity index is 1.87. The van der Waals surface area contributed by atoms with Crippen LogP contribution in [-0.4, -0.2) is 18.2 Å². The van der Waals surface area contributed by atoms with E-state index in [9.17, 15) is 22.0 Å². The molecular weight excluding hydrogens is 440 g/mol. The van der Waals surface area contributed by atoms with Crippen molar-refractivity contribution in [2.75, 3.05) is 0 Å². The zero-order valence-corrected chi connectivity index (χ0v) is 17.1. The number of primary sulfonamides is 1. The van der Waals surface area contributed by atoms with Crippen LogP contribution < -0.4 is 15.4 Å². The Labute approximate surface area is 181 Å². The quantitative estimate of drug-likeness (QED) is 0.495. The second kappa shape index (κ2) is 8.33. The van der Waals surface area contributed by atoms with Crippen molar-refractivity contribution >= 4 is 10.0 Å². The van der Waals surface area contributed by atoms with Gasteiger partial charge in [-0.15, -0.1) is 0 Å². The van der Waals surface area contributed by atoms with E-state index in [-0.39, 0.29) is 22.0 Å². The van der Waals surface area contributed by atoms with Crippen molar-refractivity contribution in [2.45, 2.75) is 4.90 Å². The lowest BCUT2D eigenvalue weighted by molar-refractivity contribution is 0.468. The molecule has 4 aromatic rings. The largest absolute Gasteiger partial charge is 0.451 e. The Morgan fingerprint density at radius 3 is 1.97 bits per heavy atom. The van der Waals surface area contributed by atoms with Crippen molar-refractivity contribution in [1.82, 2.24) is 9.78 Å². The summed E-state index contributed by atoms with van der Waals surface area (Å²) in [6, 6.07) is 15.7. The first-order valence-electron chi connectivity index (χ1n) is 9.17. The Morgan fingerprint density at radius 1 is 0.844 bits per heavy atom. The lowest BCUT2D eigenvalue weighted by Gasteiger charge is -2.13. The van der Waals surface area contributed by atoms with Crippen LogP contribution in [0.5, 0.6) is 11.5 Å². The number of hydrogen-bond donors (Lipinski definition) is 1. The topological polar surface area (TPSA) is 104 Å². The summed E-state index contributed by atoms with van der Waals surface area (Å²) in [6.07, 6.45) is 1.36. The van der Waals surface area contributed by atoms with Crippen molar-refractivity contribution in [1.29, 1.82) is 0 Å². The van der Waals surface area contributed by atoms with Gasteiger partial charge in [-0.2, -0.15) is 9.78 Å². The van der Waals surface area contributed by atoms with E-state index in [2.05, 4.69) is 5.10 Å². The van der Waals surface area contributed by atoms with Gasteiger partial charge in [0.25, 0.3) is 0 Å². The Kier molecular flexibility index (Phi) is 5.56. The van der Waals surface area contributed by atoms with Crippen molar-refractivity contribution in [2.24, 2.45) is 5.14 Å². The van der Waals surface area contributed by atoms with Crippen LogP contribution in [0.4, 0.5) is 8.78 Å². The molecule has 3 aromatic carbocycles. The highest BCUT2D eigenvalue weighted by atomic mass is 32.2. The molecule has 0 unspecified atom stereocenters. The number of nitrogens with two attached hydrogens (primary N) is 1. The number of halogens is 2. The van der Waals surface area contributed by atoms with Crippen LogP contribution in [0.2, 0.25) is 0 Å². The van der Waals surface area contributed by atoms with Gasteiger partial charge < -0.3 is 4.74 Å². The minimum atomic E-state index is -3.90. The fraction of sp³-hybridized carbons (Fsp3) is 0. The monoisotopic (exact) mass is 455 g/mol. The average Bonchev–Trinajstić information content (AvgIpc) is 2.77. The molecule has 32 heavy (non-hydrogen) atoms. The van der Waals surface area contributed by atoms with Crippen LogP contribution in [0.1, 0.15) is 0 Å². The van der Waals surface area contributed by atoms with Crippen molar-refractivity contribution in [3.63, 3.8) is 0 Å². The van der Waals surface area contributed by atoms with Gasteiger partial charge in [0.1, 0.15) is 17.4 Å². The van der Waals surface area contributed by atoms with Gasteiger partial charge in [-0.05, 0) is 66.2 Å². The van der Waals surface area contributed by atoms with Crippen molar-refractivity contribution < 1.29 is 21.9 Å². The van der Waals surface area contributed by atoms with Gasteiger partial charge in [0.15, 0.2) is 0 Å². The summed E-state index contributed by atoms with van der Waals surface area (Å²) in [5, 5.41) is 9.27. The average molecular weight is 455 g/mol. The van der Waals surface area contributed by atoms with Crippen molar-refractivity contribution in [3.8, 4) is 28.3 Å². The molecule has 1 aromatic heterocycles. The highest BCUT2D eigenvalue weighted by Crippen LogP contribution is 2.31. The van der Waals surface area contributed by atoms with Gasteiger partial charge in [-0.1, -0.05) is 12.1 Å². The van der Waals surface area contributed by atoms with Crippen LogP contribution in [0.25, 0.3) is 16.8 Å². The molecule has 0 aliphatic carbocycles. The summed E-state index contributed by atoms with van der Waals surface area (Å²) in [5.41, 5.74) is 0.342. The maximum Gasteiger partial charge on any atom is 0.315 e. The van der Waals surface area contributed by atoms with E-state index in [1.165, 1.54) is 79.0 Å². The molecule has 4 rings (SSSR count). The third-order valence-electron chi connectivity index (χ3n) is 4.53. The molecule has 0 bridgehead atoms. The van der Waals surface area contributed by atoms with E-state index in [0.29, 0.717) is 11.3 Å². The number of nitrogens with zero attached hydrogens (tertiary/aromatic N) is 2. The fourth-order valence-corrected chi connectivity index (χ4v) is 3.47. The summed E-state index contributed by atoms with van der Waals surface area (Å²) in [4.78, 5) is 13.1. The highest BCUT2D eigenvalue weighted by Gasteiger charge is 2.18. The highest BCUT2D eigenvalue weighted by molar-refractivity contribution is 7.89. The van der Waals surface area contributed by atoms with E-state index >= 15 is 0 Å². The Bertz CT molecular complexity index is 1440. The predicted molar refractivity (Wildman–Crippen MR) is 113 cm³/mol. The zero-order chi connectivity index (χ0) is 22.9. The van der Waals surface area contributed by atoms with Gasteiger partial charge in [-0.25, -0.2) is 22.3 Å². The number of rotatable bonds is 5. The van der Waals surface area contributed by atoms with Crippen LogP contribution in [0, 0.1) is 11.6 Å². The predicted octanol–water partition coefficient (Wildman–Crippen LogP) is 3.62. The molecular formula is C22H15F2N3O4S. The van der Waals surface area contributed by atoms with E-state index in [0.717, 1.165) is 4.68 Å². The van der Waals surface area contributed by atoms with E-state index in [1.54, 1.807) is 0 Å². The molecule has 0 fully saturated rings. The smallest absolute Gasteiger partial charge is 0.315 e. The molecule has 2 N–H and O–H groups in total. The lowest BCUT2D eigenvalue weighted by Crippen LogP contribution is -2.22. The number of ether oxygens (including phenoxy) is 1. The number of sulfonamides is 1. The second-order valence-corrected chi connectivity index (χ2v) is 8.27. The van der Waals surface area contributed by atoms with E-state index in [1.807, 2.05) is 0 Å². The first-order valence-corrected chi connectivity index (χ1v) is 10.7. The summed E-state index contributed by atoms with van der Waals surface area (Å²) < 4.78 is 56.4. The van der Waals surface area contributed by atoms with Crippen molar-refractivity contribution in [3.05, 3.63) is 101 Å². The molecule has 0 saturated carbocycles. The molecule has 0 aliphatic rings. The van der Waals surface area contributed by atoms with E-state index < -0.39 is 27.2 Å². The maximum absolute atomic E-state index is 13.3. The minimum absolute atomic E-state index is 0.102. The number of hydrogen-bond acceptors (Lipinski definition) is 5. The van der Waals surface area contributed by atoms with Gasteiger partial charge >= 0.3 is 5.56 Å². The standard InChI is InChI=1S/C22H15F2N3O4S/c23-15-3-7-17(8-4-15)27-22(28)21(31-18-9-5-16(24)6-10-18)20(13-26-27)14-1-11-19(12-2-14)32(25,29)30/h1-13H,(H2,25,29,30). The molecule has 0 atom stereocenters. The number of benzene rings is 3. The number of aromatic nitrogens is 2. The molecule has 0 aliphatic heterocycles. The third kappa shape index (κ3) is 4.41. The lowest BCUT2D eigenvalue weighted by atomic mass is 10.1.